The monoisotopic (exact) mass is 264 g/mol. The number of halogens is 1. The minimum absolute atomic E-state index is 0.0843. The van der Waals surface area contributed by atoms with E-state index in [1.807, 2.05) is 6.07 Å². The van der Waals surface area contributed by atoms with Crippen molar-refractivity contribution in [1.82, 2.24) is 0 Å². The third-order valence-electron chi connectivity index (χ3n) is 5.08. The molecule has 1 saturated carbocycles. The van der Waals surface area contributed by atoms with E-state index in [-0.39, 0.29) is 16.8 Å². The van der Waals surface area contributed by atoms with Gasteiger partial charge in [-0.2, -0.15) is 0 Å². The molecule has 1 fully saturated rings. The third-order valence-corrected chi connectivity index (χ3v) is 5.08. The fourth-order valence-electron chi connectivity index (χ4n) is 3.62. The van der Waals surface area contributed by atoms with Crippen LogP contribution in [-0.4, -0.2) is 19.1 Å². The van der Waals surface area contributed by atoms with E-state index in [4.69, 9.17) is 5.73 Å². The zero-order chi connectivity index (χ0) is 14.1. The smallest absolute Gasteiger partial charge is 0.125 e. The average Bonchev–Trinajstić information content (AvgIpc) is 2.38. The number of nitrogens with zero attached hydrogens (tertiary/aromatic N) is 1. The molecule has 2 nitrogen and oxygen atoms in total. The lowest BCUT2D eigenvalue weighted by atomic mass is 9.62. The maximum absolute atomic E-state index is 13.5. The molecule has 0 bridgehead atoms. The first-order valence-corrected chi connectivity index (χ1v) is 7.12. The van der Waals surface area contributed by atoms with Crippen molar-refractivity contribution in [3.8, 4) is 0 Å². The molecule has 1 atom stereocenters. The Labute approximate surface area is 115 Å². The van der Waals surface area contributed by atoms with E-state index in [1.54, 1.807) is 12.1 Å². The van der Waals surface area contributed by atoms with Gasteiger partial charge in [-0.3, -0.25) is 0 Å². The summed E-state index contributed by atoms with van der Waals surface area (Å²) in [5, 5.41) is 0. The van der Waals surface area contributed by atoms with E-state index in [0.29, 0.717) is 6.54 Å². The first-order chi connectivity index (χ1) is 8.93. The zero-order valence-electron chi connectivity index (χ0n) is 12.2. The highest BCUT2D eigenvalue weighted by molar-refractivity contribution is 5.49. The van der Waals surface area contributed by atoms with Gasteiger partial charge in [-0.1, -0.05) is 32.8 Å². The molecule has 1 unspecified atom stereocenters. The minimum atomic E-state index is -0.190. The van der Waals surface area contributed by atoms with E-state index in [9.17, 15) is 4.39 Å². The first kappa shape index (κ1) is 14.3. The summed E-state index contributed by atoms with van der Waals surface area (Å²) in [4.78, 5) is 2.20. The lowest BCUT2D eigenvalue weighted by Crippen LogP contribution is -2.63. The average molecular weight is 264 g/mol. The summed E-state index contributed by atoms with van der Waals surface area (Å²) in [5.41, 5.74) is 7.13. The topological polar surface area (TPSA) is 29.3 Å². The number of hydrogen-bond acceptors (Lipinski definition) is 2. The van der Waals surface area contributed by atoms with E-state index in [0.717, 1.165) is 12.1 Å². The van der Waals surface area contributed by atoms with Crippen LogP contribution in [0.5, 0.6) is 0 Å². The highest BCUT2D eigenvalue weighted by atomic mass is 19.1. The number of likely N-dealkylation sites (N-methyl/N-ethyl adjacent to an activating group) is 1. The highest BCUT2D eigenvalue weighted by Crippen LogP contribution is 2.47. The Kier molecular flexibility index (Phi) is 3.86. The fraction of sp³-hybridized carbons (Fsp3) is 0.625. The summed E-state index contributed by atoms with van der Waals surface area (Å²) in [7, 11) is 2.05. The summed E-state index contributed by atoms with van der Waals surface area (Å²) < 4.78 is 13.5. The SMILES string of the molecule is CN(c1cccc(F)c1)C1(CN)CCCCC1(C)C. The van der Waals surface area contributed by atoms with Gasteiger partial charge in [-0.05, 0) is 36.5 Å². The Bertz CT molecular complexity index is 444. The van der Waals surface area contributed by atoms with Crippen molar-refractivity contribution in [2.75, 3.05) is 18.5 Å². The lowest BCUT2D eigenvalue weighted by Gasteiger charge is -2.55. The number of benzene rings is 1. The van der Waals surface area contributed by atoms with Gasteiger partial charge in [0.15, 0.2) is 0 Å². The normalized spacial score (nSPS) is 26.2. The number of anilines is 1. The van der Waals surface area contributed by atoms with Crippen LogP contribution in [0, 0.1) is 11.2 Å². The molecule has 0 aliphatic heterocycles. The summed E-state index contributed by atoms with van der Waals surface area (Å²) in [6, 6.07) is 6.81. The Morgan fingerprint density at radius 2 is 1.95 bits per heavy atom. The van der Waals surface area contributed by atoms with Gasteiger partial charge >= 0.3 is 0 Å². The van der Waals surface area contributed by atoms with Crippen LogP contribution < -0.4 is 10.6 Å². The molecule has 1 aliphatic carbocycles. The van der Waals surface area contributed by atoms with Crippen LogP contribution in [0.4, 0.5) is 10.1 Å². The van der Waals surface area contributed by atoms with Crippen molar-refractivity contribution in [3.63, 3.8) is 0 Å². The molecular weight excluding hydrogens is 239 g/mol. The van der Waals surface area contributed by atoms with Crippen molar-refractivity contribution >= 4 is 5.69 Å². The second-order valence-electron chi connectivity index (χ2n) is 6.37. The molecule has 2 rings (SSSR count). The number of nitrogens with two attached hydrogens (primary N) is 1. The molecule has 19 heavy (non-hydrogen) atoms. The van der Waals surface area contributed by atoms with E-state index in [1.165, 1.54) is 25.3 Å². The van der Waals surface area contributed by atoms with Crippen molar-refractivity contribution in [1.29, 1.82) is 0 Å². The quantitative estimate of drug-likeness (QED) is 0.904. The molecule has 1 aromatic carbocycles. The molecule has 1 aromatic rings. The Morgan fingerprint density at radius 3 is 2.53 bits per heavy atom. The van der Waals surface area contributed by atoms with Gasteiger partial charge in [-0.15, -0.1) is 0 Å². The molecule has 106 valence electrons. The molecule has 0 amide bonds. The number of hydrogen-bond donors (Lipinski definition) is 1. The van der Waals surface area contributed by atoms with Crippen LogP contribution in [0.1, 0.15) is 39.5 Å². The van der Waals surface area contributed by atoms with E-state index in [2.05, 4.69) is 25.8 Å². The summed E-state index contributed by atoms with van der Waals surface area (Å²) in [6.07, 6.45) is 4.69. The van der Waals surface area contributed by atoms with Crippen molar-refractivity contribution in [2.24, 2.45) is 11.1 Å². The molecule has 0 spiro atoms. The van der Waals surface area contributed by atoms with Gasteiger partial charge in [0, 0.05) is 19.3 Å². The molecule has 0 aromatic heterocycles. The second kappa shape index (κ2) is 5.12. The van der Waals surface area contributed by atoms with E-state index >= 15 is 0 Å². The van der Waals surface area contributed by atoms with Gasteiger partial charge in [0.2, 0.25) is 0 Å². The minimum Gasteiger partial charge on any atom is -0.367 e. The summed E-state index contributed by atoms with van der Waals surface area (Å²) in [5.74, 6) is -0.190. The van der Waals surface area contributed by atoms with Gasteiger partial charge < -0.3 is 10.6 Å². The van der Waals surface area contributed by atoms with Gasteiger partial charge in [0.25, 0.3) is 0 Å². The van der Waals surface area contributed by atoms with Crippen LogP contribution in [0.2, 0.25) is 0 Å². The highest BCUT2D eigenvalue weighted by Gasteiger charge is 2.48. The Balaban J connectivity index is 2.40. The predicted molar refractivity (Wildman–Crippen MR) is 78.8 cm³/mol. The standard InChI is InChI=1S/C16H25FN2/c1-15(2)9-4-5-10-16(15,12-18)19(3)14-8-6-7-13(17)11-14/h6-8,11H,4-5,9-10,12,18H2,1-3H3. The van der Waals surface area contributed by atoms with Crippen molar-refractivity contribution in [3.05, 3.63) is 30.1 Å². The number of rotatable bonds is 3. The predicted octanol–water partition coefficient (Wildman–Crippen LogP) is 3.56. The molecule has 0 saturated heterocycles. The Hall–Kier alpha value is -1.09. The van der Waals surface area contributed by atoms with Crippen molar-refractivity contribution < 1.29 is 4.39 Å². The maximum Gasteiger partial charge on any atom is 0.125 e. The van der Waals surface area contributed by atoms with Crippen LogP contribution in [0.25, 0.3) is 0 Å². The van der Waals surface area contributed by atoms with E-state index < -0.39 is 0 Å². The maximum atomic E-state index is 13.5. The van der Waals surface area contributed by atoms with Crippen molar-refractivity contribution in [2.45, 2.75) is 45.1 Å². The van der Waals surface area contributed by atoms with Crippen LogP contribution >= 0.6 is 0 Å². The molecular formula is C16H25FN2. The molecule has 0 radical (unpaired) electrons. The van der Waals surface area contributed by atoms with Crippen LogP contribution in [0.3, 0.4) is 0 Å². The van der Waals surface area contributed by atoms with Crippen LogP contribution in [-0.2, 0) is 0 Å². The molecule has 3 heteroatoms. The van der Waals surface area contributed by atoms with Gasteiger partial charge in [0.05, 0.1) is 5.54 Å². The van der Waals surface area contributed by atoms with Gasteiger partial charge in [0.1, 0.15) is 5.82 Å². The molecule has 1 aliphatic rings. The largest absolute Gasteiger partial charge is 0.367 e. The van der Waals surface area contributed by atoms with Gasteiger partial charge in [-0.25, -0.2) is 4.39 Å². The zero-order valence-corrected chi connectivity index (χ0v) is 12.2. The molecule has 0 heterocycles. The Morgan fingerprint density at radius 1 is 1.26 bits per heavy atom. The summed E-state index contributed by atoms with van der Waals surface area (Å²) in [6.45, 7) is 5.18. The molecule has 2 N–H and O–H groups in total. The first-order valence-electron chi connectivity index (χ1n) is 7.12. The fourth-order valence-corrected chi connectivity index (χ4v) is 3.62. The second-order valence-corrected chi connectivity index (χ2v) is 6.37. The lowest BCUT2D eigenvalue weighted by molar-refractivity contribution is 0.101. The van der Waals surface area contributed by atoms with Crippen LogP contribution in [0.15, 0.2) is 24.3 Å². The summed E-state index contributed by atoms with van der Waals surface area (Å²) >= 11 is 0. The third kappa shape index (κ3) is 2.36.